The SMILES string of the molecule is CN(CC(=O)NCCN)S(=O)(=O)c1cccc([N+](=O)[O-])c1.Cl. The Morgan fingerprint density at radius 2 is 2.09 bits per heavy atom. The molecule has 0 atom stereocenters. The molecular formula is C11H17ClN4O5S. The molecule has 0 aromatic heterocycles. The summed E-state index contributed by atoms with van der Waals surface area (Å²) in [6.07, 6.45) is 0. The molecule has 0 unspecified atom stereocenters. The van der Waals surface area contributed by atoms with Gasteiger partial charge in [0, 0.05) is 32.3 Å². The third-order valence-corrected chi connectivity index (χ3v) is 4.37. The molecule has 1 aromatic rings. The molecule has 3 N–H and O–H groups in total. The number of amides is 1. The maximum atomic E-state index is 12.2. The van der Waals surface area contributed by atoms with Crippen molar-refractivity contribution >= 4 is 34.0 Å². The van der Waals surface area contributed by atoms with E-state index in [0.717, 1.165) is 10.4 Å². The van der Waals surface area contributed by atoms with E-state index in [4.69, 9.17) is 5.73 Å². The number of hydrogen-bond donors (Lipinski definition) is 2. The minimum Gasteiger partial charge on any atom is -0.354 e. The first kappa shape index (κ1) is 20.2. The average molecular weight is 353 g/mol. The first-order valence-electron chi connectivity index (χ1n) is 5.96. The van der Waals surface area contributed by atoms with Crippen LogP contribution in [-0.4, -0.2) is 50.2 Å². The number of nitrogens with zero attached hydrogens (tertiary/aromatic N) is 2. The van der Waals surface area contributed by atoms with Gasteiger partial charge in [-0.1, -0.05) is 6.07 Å². The van der Waals surface area contributed by atoms with Crippen LogP contribution in [0.25, 0.3) is 0 Å². The van der Waals surface area contributed by atoms with Gasteiger partial charge in [0.1, 0.15) is 0 Å². The normalized spacial score (nSPS) is 10.9. The quantitative estimate of drug-likeness (QED) is 0.511. The highest BCUT2D eigenvalue weighted by Gasteiger charge is 2.24. The van der Waals surface area contributed by atoms with E-state index in [9.17, 15) is 23.3 Å². The van der Waals surface area contributed by atoms with E-state index in [1.807, 2.05) is 0 Å². The highest BCUT2D eigenvalue weighted by atomic mass is 35.5. The fourth-order valence-electron chi connectivity index (χ4n) is 1.49. The minimum atomic E-state index is -3.98. The van der Waals surface area contributed by atoms with E-state index in [1.54, 1.807) is 0 Å². The molecule has 22 heavy (non-hydrogen) atoms. The van der Waals surface area contributed by atoms with Crippen LogP contribution in [0.15, 0.2) is 29.2 Å². The van der Waals surface area contributed by atoms with Crippen molar-refractivity contribution in [2.75, 3.05) is 26.7 Å². The summed E-state index contributed by atoms with van der Waals surface area (Å²) in [5, 5.41) is 13.1. The molecule has 0 spiro atoms. The lowest BCUT2D eigenvalue weighted by atomic mass is 10.3. The van der Waals surface area contributed by atoms with E-state index in [-0.39, 0.29) is 36.1 Å². The van der Waals surface area contributed by atoms with E-state index in [1.165, 1.54) is 25.2 Å². The maximum absolute atomic E-state index is 12.2. The van der Waals surface area contributed by atoms with Gasteiger partial charge in [-0.05, 0) is 6.07 Å². The molecule has 0 radical (unpaired) electrons. The van der Waals surface area contributed by atoms with Crippen LogP contribution in [0.1, 0.15) is 0 Å². The van der Waals surface area contributed by atoms with Crippen molar-refractivity contribution in [2.24, 2.45) is 5.73 Å². The third kappa shape index (κ3) is 5.22. The Bertz CT molecular complexity index is 637. The van der Waals surface area contributed by atoms with Gasteiger partial charge in [0.05, 0.1) is 16.4 Å². The van der Waals surface area contributed by atoms with Crippen molar-refractivity contribution < 1.29 is 18.1 Å². The van der Waals surface area contributed by atoms with Gasteiger partial charge in [0.15, 0.2) is 0 Å². The second kappa shape index (κ2) is 8.63. The molecule has 124 valence electrons. The van der Waals surface area contributed by atoms with Gasteiger partial charge >= 0.3 is 0 Å². The molecule has 0 aliphatic carbocycles. The summed E-state index contributed by atoms with van der Waals surface area (Å²) in [6, 6.07) is 4.64. The largest absolute Gasteiger partial charge is 0.354 e. The average Bonchev–Trinajstić information content (AvgIpc) is 2.45. The topological polar surface area (TPSA) is 136 Å². The smallest absolute Gasteiger partial charge is 0.270 e. The summed E-state index contributed by atoms with van der Waals surface area (Å²) in [5.74, 6) is -0.503. The van der Waals surface area contributed by atoms with Crippen LogP contribution in [0.2, 0.25) is 0 Å². The fraction of sp³-hybridized carbons (Fsp3) is 0.364. The molecule has 0 aliphatic rings. The van der Waals surface area contributed by atoms with Gasteiger partial charge < -0.3 is 11.1 Å². The first-order chi connectivity index (χ1) is 9.78. The lowest BCUT2D eigenvalue weighted by Gasteiger charge is -2.16. The van der Waals surface area contributed by atoms with Gasteiger partial charge in [-0.15, -0.1) is 12.4 Å². The number of carbonyl (C=O) groups excluding carboxylic acids is 1. The van der Waals surface area contributed by atoms with Crippen LogP contribution in [0, 0.1) is 10.1 Å². The molecule has 0 aliphatic heterocycles. The Morgan fingerprint density at radius 1 is 1.45 bits per heavy atom. The van der Waals surface area contributed by atoms with E-state index < -0.39 is 27.4 Å². The number of likely N-dealkylation sites (N-methyl/N-ethyl adjacent to an activating group) is 1. The van der Waals surface area contributed by atoms with Crippen LogP contribution < -0.4 is 11.1 Å². The predicted molar refractivity (Wildman–Crippen MR) is 82.2 cm³/mol. The number of nitrogens with one attached hydrogen (secondary N) is 1. The molecule has 1 amide bonds. The van der Waals surface area contributed by atoms with Gasteiger partial charge in [-0.25, -0.2) is 8.42 Å². The number of benzene rings is 1. The van der Waals surface area contributed by atoms with Crippen LogP contribution in [-0.2, 0) is 14.8 Å². The molecule has 11 heteroatoms. The molecule has 1 rings (SSSR count). The van der Waals surface area contributed by atoms with Gasteiger partial charge in [-0.2, -0.15) is 4.31 Å². The summed E-state index contributed by atoms with van der Waals surface area (Å²) in [6.45, 7) is 0.0850. The third-order valence-electron chi connectivity index (χ3n) is 2.57. The molecule has 1 aromatic carbocycles. The van der Waals surface area contributed by atoms with Crippen molar-refractivity contribution in [3.8, 4) is 0 Å². The molecule has 0 heterocycles. The van der Waals surface area contributed by atoms with Crippen LogP contribution in [0.5, 0.6) is 0 Å². The number of halogens is 1. The number of sulfonamides is 1. The zero-order valence-corrected chi connectivity index (χ0v) is 13.4. The predicted octanol–water partition coefficient (Wildman–Crippen LogP) is -0.288. The summed E-state index contributed by atoms with van der Waals surface area (Å²) < 4.78 is 25.2. The highest BCUT2D eigenvalue weighted by molar-refractivity contribution is 7.89. The molecule has 0 bridgehead atoms. The van der Waals surface area contributed by atoms with Crippen molar-refractivity contribution in [2.45, 2.75) is 4.90 Å². The second-order valence-corrected chi connectivity index (χ2v) is 6.20. The summed E-state index contributed by atoms with van der Waals surface area (Å²) >= 11 is 0. The molecular weight excluding hydrogens is 336 g/mol. The summed E-state index contributed by atoms with van der Waals surface area (Å²) in [5.41, 5.74) is 4.88. The van der Waals surface area contributed by atoms with E-state index in [0.29, 0.717) is 0 Å². The zero-order valence-electron chi connectivity index (χ0n) is 11.8. The number of carbonyl (C=O) groups is 1. The Balaban J connectivity index is 0.00000441. The Kier molecular flexibility index (Phi) is 7.95. The molecule has 0 fully saturated rings. The monoisotopic (exact) mass is 352 g/mol. The fourth-order valence-corrected chi connectivity index (χ4v) is 2.66. The lowest BCUT2D eigenvalue weighted by molar-refractivity contribution is -0.385. The van der Waals surface area contributed by atoms with Gasteiger partial charge in [0.2, 0.25) is 15.9 Å². The number of hydrogen-bond acceptors (Lipinski definition) is 6. The zero-order chi connectivity index (χ0) is 16.0. The van der Waals surface area contributed by atoms with Crippen molar-refractivity contribution in [3.63, 3.8) is 0 Å². The van der Waals surface area contributed by atoms with Crippen molar-refractivity contribution in [1.82, 2.24) is 9.62 Å². The number of non-ortho nitro benzene ring substituents is 1. The second-order valence-electron chi connectivity index (χ2n) is 4.15. The van der Waals surface area contributed by atoms with Gasteiger partial charge in [0.25, 0.3) is 5.69 Å². The van der Waals surface area contributed by atoms with Crippen LogP contribution in [0.4, 0.5) is 5.69 Å². The Labute approximate surface area is 134 Å². The number of rotatable bonds is 7. The van der Waals surface area contributed by atoms with Crippen molar-refractivity contribution in [3.05, 3.63) is 34.4 Å². The van der Waals surface area contributed by atoms with Gasteiger partial charge in [-0.3, -0.25) is 14.9 Å². The van der Waals surface area contributed by atoms with Crippen molar-refractivity contribution in [1.29, 1.82) is 0 Å². The summed E-state index contributed by atoms with van der Waals surface area (Å²) in [4.78, 5) is 21.2. The summed E-state index contributed by atoms with van der Waals surface area (Å²) in [7, 11) is -2.76. The number of nitro groups is 1. The number of nitrogens with two attached hydrogens (primary N) is 1. The lowest BCUT2D eigenvalue weighted by Crippen LogP contribution is -2.39. The maximum Gasteiger partial charge on any atom is 0.270 e. The molecule has 0 saturated carbocycles. The first-order valence-corrected chi connectivity index (χ1v) is 7.40. The minimum absolute atomic E-state index is 0. The van der Waals surface area contributed by atoms with Crippen LogP contribution >= 0.6 is 12.4 Å². The van der Waals surface area contributed by atoms with E-state index >= 15 is 0 Å². The highest BCUT2D eigenvalue weighted by Crippen LogP contribution is 2.19. The Morgan fingerprint density at radius 3 is 2.64 bits per heavy atom. The van der Waals surface area contributed by atoms with E-state index in [2.05, 4.69) is 5.32 Å². The standard InChI is InChI=1S/C11H16N4O5S.ClH/c1-14(8-11(16)13-6-5-12)21(19,20)10-4-2-3-9(7-10)15(17)18;/h2-4,7H,5-6,8,12H2,1H3,(H,13,16);1H. The molecule has 9 nitrogen and oxygen atoms in total. The Hall–Kier alpha value is -1.75. The van der Waals surface area contributed by atoms with Crippen LogP contribution in [0.3, 0.4) is 0 Å². The molecule has 0 saturated heterocycles. The number of nitro benzene ring substituents is 1.